The number of nitrogens with one attached hydrogen (secondary N) is 1. The van der Waals surface area contributed by atoms with Crippen LogP contribution < -0.4 is 5.32 Å². The number of thiophene rings is 1. The summed E-state index contributed by atoms with van der Waals surface area (Å²) in [6, 6.07) is 7.75. The quantitative estimate of drug-likeness (QED) is 0.645. The normalized spacial score (nSPS) is 11.0. The summed E-state index contributed by atoms with van der Waals surface area (Å²) in [4.78, 5) is 10.6. The first kappa shape index (κ1) is 13.6. The fourth-order valence-corrected chi connectivity index (χ4v) is 3.24. The summed E-state index contributed by atoms with van der Waals surface area (Å²) >= 11 is 13.6. The molecule has 0 aliphatic carbocycles. The van der Waals surface area contributed by atoms with Crippen LogP contribution >= 0.6 is 34.5 Å². The molecule has 1 N–H and O–H groups in total. The minimum absolute atomic E-state index is 0.238. The van der Waals surface area contributed by atoms with Gasteiger partial charge in [-0.2, -0.15) is 4.98 Å². The number of hydrogen-bond donors (Lipinski definition) is 1. The van der Waals surface area contributed by atoms with E-state index in [9.17, 15) is 0 Å². The van der Waals surface area contributed by atoms with E-state index in [0.29, 0.717) is 10.8 Å². The van der Waals surface area contributed by atoms with Crippen molar-refractivity contribution in [1.82, 2.24) is 9.97 Å². The number of fused-ring (bicyclic) bond motifs is 1. The molecule has 3 nitrogen and oxygen atoms in total. The van der Waals surface area contributed by atoms with Crippen LogP contribution in [-0.4, -0.2) is 9.97 Å². The van der Waals surface area contributed by atoms with E-state index >= 15 is 0 Å². The van der Waals surface area contributed by atoms with Crippen molar-refractivity contribution in [2.75, 3.05) is 5.32 Å². The molecule has 0 atom stereocenters. The van der Waals surface area contributed by atoms with Gasteiger partial charge in [0.1, 0.15) is 10.6 Å². The Labute approximate surface area is 130 Å². The molecule has 2 heterocycles. The van der Waals surface area contributed by atoms with Crippen molar-refractivity contribution in [2.24, 2.45) is 0 Å². The van der Waals surface area contributed by atoms with Gasteiger partial charge in [-0.1, -0.05) is 17.7 Å². The predicted molar refractivity (Wildman–Crippen MR) is 86.6 cm³/mol. The fraction of sp³-hybridized carbons (Fsp3) is 0.143. The van der Waals surface area contributed by atoms with Crippen molar-refractivity contribution >= 4 is 56.3 Å². The lowest BCUT2D eigenvalue weighted by Gasteiger charge is -2.10. The zero-order chi connectivity index (χ0) is 14.3. The van der Waals surface area contributed by atoms with Crippen molar-refractivity contribution in [1.29, 1.82) is 0 Å². The Balaban J connectivity index is 2.12. The maximum Gasteiger partial charge on any atom is 0.225 e. The zero-order valence-corrected chi connectivity index (χ0v) is 13.2. The molecule has 3 rings (SSSR count). The second-order valence-corrected chi connectivity index (χ2v) is 6.51. The van der Waals surface area contributed by atoms with Crippen molar-refractivity contribution < 1.29 is 0 Å². The molecule has 0 fully saturated rings. The first-order valence-corrected chi connectivity index (χ1v) is 7.57. The number of hydrogen-bond acceptors (Lipinski definition) is 4. The van der Waals surface area contributed by atoms with Crippen LogP contribution in [0.1, 0.15) is 10.4 Å². The lowest BCUT2D eigenvalue weighted by molar-refractivity contribution is 1.23. The van der Waals surface area contributed by atoms with Gasteiger partial charge in [-0.05, 0) is 49.2 Å². The first-order chi connectivity index (χ1) is 9.52. The number of halogens is 2. The van der Waals surface area contributed by atoms with Crippen LogP contribution in [0.5, 0.6) is 0 Å². The Kier molecular flexibility index (Phi) is 3.54. The summed E-state index contributed by atoms with van der Waals surface area (Å²) in [7, 11) is 0. The van der Waals surface area contributed by atoms with Gasteiger partial charge in [-0.15, -0.1) is 11.3 Å². The molecule has 2 aromatic heterocycles. The number of aromatic nitrogens is 2. The number of nitrogens with zero attached hydrogens (tertiary/aromatic N) is 2. The largest absolute Gasteiger partial charge is 0.339 e. The van der Waals surface area contributed by atoms with Crippen LogP contribution in [-0.2, 0) is 0 Å². The van der Waals surface area contributed by atoms with E-state index in [2.05, 4.69) is 21.4 Å². The van der Waals surface area contributed by atoms with Gasteiger partial charge in [-0.25, -0.2) is 4.98 Å². The topological polar surface area (TPSA) is 37.8 Å². The number of anilines is 2. The highest BCUT2D eigenvalue weighted by Crippen LogP contribution is 2.32. The molecule has 0 saturated carbocycles. The summed E-state index contributed by atoms with van der Waals surface area (Å²) in [5.41, 5.74) is 2.00. The van der Waals surface area contributed by atoms with Crippen molar-refractivity contribution in [3.05, 3.63) is 45.0 Å². The summed E-state index contributed by atoms with van der Waals surface area (Å²) in [5.74, 6) is 0.703. The average molecular weight is 324 g/mol. The standard InChI is InChI=1S/C14H11Cl2N3S/c1-7-3-4-9(15)6-11(7)17-12-10-5-8(2)20-13(10)19-14(16)18-12/h3-6H,1-2H3,(H,17,18,19). The van der Waals surface area contributed by atoms with E-state index in [1.165, 1.54) is 4.88 Å². The SMILES string of the molecule is Cc1cc2c(Nc3cc(Cl)ccc3C)nc(Cl)nc2s1. The van der Waals surface area contributed by atoms with E-state index in [1.54, 1.807) is 11.3 Å². The van der Waals surface area contributed by atoms with E-state index in [-0.39, 0.29) is 5.28 Å². The molecule has 1 aromatic carbocycles. The minimum Gasteiger partial charge on any atom is -0.339 e. The van der Waals surface area contributed by atoms with Gasteiger partial charge in [0.25, 0.3) is 0 Å². The highest BCUT2D eigenvalue weighted by Gasteiger charge is 2.11. The third kappa shape index (κ3) is 2.59. The second-order valence-electron chi connectivity index (χ2n) is 4.50. The average Bonchev–Trinajstić information content (AvgIpc) is 2.74. The molecule has 6 heteroatoms. The van der Waals surface area contributed by atoms with E-state index in [4.69, 9.17) is 23.2 Å². The number of aryl methyl sites for hydroxylation is 2. The van der Waals surface area contributed by atoms with Gasteiger partial charge in [0.05, 0.1) is 5.39 Å². The van der Waals surface area contributed by atoms with Crippen LogP contribution in [0.25, 0.3) is 10.2 Å². The van der Waals surface area contributed by atoms with Crippen molar-refractivity contribution in [2.45, 2.75) is 13.8 Å². The lowest BCUT2D eigenvalue weighted by atomic mass is 10.2. The fourth-order valence-electron chi connectivity index (χ4n) is 1.97. The van der Waals surface area contributed by atoms with Crippen LogP contribution in [0.15, 0.2) is 24.3 Å². The predicted octanol–water partition coefficient (Wildman–Crippen LogP) is 5.36. The molecule has 0 aliphatic rings. The van der Waals surface area contributed by atoms with Gasteiger partial charge in [-0.3, -0.25) is 0 Å². The molecule has 102 valence electrons. The molecule has 0 spiro atoms. The molecule has 0 bridgehead atoms. The van der Waals surface area contributed by atoms with Gasteiger partial charge in [0.15, 0.2) is 0 Å². The lowest BCUT2D eigenvalue weighted by Crippen LogP contribution is -1.97. The molecule has 0 aliphatic heterocycles. The molecule has 0 unspecified atom stereocenters. The first-order valence-electron chi connectivity index (χ1n) is 6.00. The third-order valence-corrected chi connectivity index (χ3v) is 4.29. The van der Waals surface area contributed by atoms with Crippen molar-refractivity contribution in [3.63, 3.8) is 0 Å². The van der Waals surface area contributed by atoms with Crippen LogP contribution in [0, 0.1) is 13.8 Å². The highest BCUT2D eigenvalue weighted by molar-refractivity contribution is 7.18. The minimum atomic E-state index is 0.238. The van der Waals surface area contributed by atoms with Gasteiger partial charge in [0, 0.05) is 15.6 Å². The molecule has 0 saturated heterocycles. The Hall–Kier alpha value is -1.36. The van der Waals surface area contributed by atoms with Crippen LogP contribution in [0.3, 0.4) is 0 Å². The van der Waals surface area contributed by atoms with Gasteiger partial charge < -0.3 is 5.32 Å². The molecule has 0 radical (unpaired) electrons. The molecule has 0 amide bonds. The Morgan fingerprint density at radius 1 is 1.10 bits per heavy atom. The maximum atomic E-state index is 6.04. The molecule has 20 heavy (non-hydrogen) atoms. The Morgan fingerprint density at radius 3 is 2.70 bits per heavy atom. The molecular formula is C14H11Cl2N3S. The Bertz CT molecular complexity index is 798. The summed E-state index contributed by atoms with van der Waals surface area (Å²) < 4.78 is 0. The smallest absolute Gasteiger partial charge is 0.225 e. The second kappa shape index (κ2) is 5.20. The maximum absolute atomic E-state index is 6.04. The van der Waals surface area contributed by atoms with Gasteiger partial charge >= 0.3 is 0 Å². The summed E-state index contributed by atoms with van der Waals surface area (Å²) in [5, 5.41) is 5.18. The summed E-state index contributed by atoms with van der Waals surface area (Å²) in [6.07, 6.45) is 0. The van der Waals surface area contributed by atoms with Gasteiger partial charge in [0.2, 0.25) is 5.28 Å². The highest BCUT2D eigenvalue weighted by atomic mass is 35.5. The monoisotopic (exact) mass is 323 g/mol. The number of benzene rings is 1. The van der Waals surface area contributed by atoms with Crippen molar-refractivity contribution in [3.8, 4) is 0 Å². The third-order valence-electron chi connectivity index (χ3n) is 2.94. The van der Waals surface area contributed by atoms with E-state index < -0.39 is 0 Å². The van der Waals surface area contributed by atoms with Crippen LogP contribution in [0.2, 0.25) is 10.3 Å². The van der Waals surface area contributed by atoms with Crippen LogP contribution in [0.4, 0.5) is 11.5 Å². The summed E-state index contributed by atoms with van der Waals surface area (Å²) in [6.45, 7) is 4.05. The van der Waals surface area contributed by atoms with E-state index in [0.717, 1.165) is 21.5 Å². The zero-order valence-electron chi connectivity index (χ0n) is 10.9. The molecule has 3 aromatic rings. The Morgan fingerprint density at radius 2 is 1.90 bits per heavy atom. The number of rotatable bonds is 2. The van der Waals surface area contributed by atoms with E-state index in [1.807, 2.05) is 32.0 Å². The molecular weight excluding hydrogens is 313 g/mol.